The van der Waals surface area contributed by atoms with Crippen LogP contribution in [0.4, 0.5) is 0 Å². The molecule has 0 unspecified atom stereocenters. The van der Waals surface area contributed by atoms with Crippen LogP contribution in [0.1, 0.15) is 17.8 Å². The Morgan fingerprint density at radius 3 is 2.88 bits per heavy atom. The van der Waals surface area contributed by atoms with E-state index < -0.39 is 0 Å². The van der Waals surface area contributed by atoms with Crippen LogP contribution in [0.15, 0.2) is 11.6 Å². The lowest BCUT2D eigenvalue weighted by molar-refractivity contribution is -0.135. The Hall–Kier alpha value is -1.02. The second-order valence-corrected chi connectivity index (χ2v) is 8.28. The molecule has 3 aliphatic rings. The fourth-order valence-electron chi connectivity index (χ4n) is 4.11. The van der Waals surface area contributed by atoms with Gasteiger partial charge in [0.1, 0.15) is 5.01 Å². The topological polar surface area (TPSA) is 48.9 Å². The first kappa shape index (κ1) is 16.4. The van der Waals surface area contributed by atoms with Gasteiger partial charge in [-0.25, -0.2) is 4.98 Å². The molecular formula is C17H26N4O2S. The van der Waals surface area contributed by atoms with Crippen LogP contribution in [0.2, 0.25) is 0 Å². The largest absolute Gasteiger partial charge is 0.373 e. The second kappa shape index (κ2) is 7.07. The lowest BCUT2D eigenvalue weighted by Crippen LogP contribution is -2.47. The van der Waals surface area contributed by atoms with Gasteiger partial charge < -0.3 is 14.5 Å². The van der Waals surface area contributed by atoms with E-state index in [-0.39, 0.29) is 12.0 Å². The maximum Gasteiger partial charge on any atom is 0.225 e. The van der Waals surface area contributed by atoms with E-state index in [9.17, 15) is 4.79 Å². The lowest BCUT2D eigenvalue weighted by Gasteiger charge is -2.33. The molecule has 1 aromatic heterocycles. The van der Waals surface area contributed by atoms with Crippen LogP contribution in [-0.2, 0) is 16.1 Å². The summed E-state index contributed by atoms with van der Waals surface area (Å²) in [4.78, 5) is 23.6. The minimum atomic E-state index is 0.120. The van der Waals surface area contributed by atoms with Gasteiger partial charge >= 0.3 is 0 Å². The summed E-state index contributed by atoms with van der Waals surface area (Å²) in [6.07, 6.45) is 3.87. The molecule has 1 amide bonds. The average Bonchev–Trinajstić information content (AvgIpc) is 3.25. The molecule has 3 fully saturated rings. The third kappa shape index (κ3) is 3.64. The van der Waals surface area contributed by atoms with Gasteiger partial charge in [-0.2, -0.15) is 0 Å². The number of carbonyl (C=O) groups excluding carboxylic acids is 1. The van der Waals surface area contributed by atoms with Crippen LogP contribution >= 0.6 is 11.3 Å². The van der Waals surface area contributed by atoms with Gasteiger partial charge in [-0.05, 0) is 13.5 Å². The molecule has 4 rings (SSSR count). The molecule has 4 heterocycles. The first-order chi connectivity index (χ1) is 11.7. The summed E-state index contributed by atoms with van der Waals surface area (Å²) in [5, 5.41) is 3.21. The number of amides is 1. The summed E-state index contributed by atoms with van der Waals surface area (Å²) < 4.78 is 6.20. The molecule has 132 valence electrons. The first-order valence-electron chi connectivity index (χ1n) is 8.90. The highest BCUT2D eigenvalue weighted by Gasteiger charge is 2.42. The molecule has 0 bridgehead atoms. The number of rotatable bonds is 4. The highest BCUT2D eigenvalue weighted by Crippen LogP contribution is 2.35. The highest BCUT2D eigenvalue weighted by atomic mass is 32.1. The van der Waals surface area contributed by atoms with Gasteiger partial charge in [0.15, 0.2) is 0 Å². The average molecular weight is 350 g/mol. The zero-order valence-electron chi connectivity index (χ0n) is 14.3. The van der Waals surface area contributed by atoms with E-state index in [0.717, 1.165) is 52.2 Å². The highest BCUT2D eigenvalue weighted by molar-refractivity contribution is 7.09. The van der Waals surface area contributed by atoms with Crippen molar-refractivity contribution in [2.24, 2.45) is 5.92 Å². The predicted octanol–water partition coefficient (Wildman–Crippen LogP) is 0.897. The normalized spacial score (nSPS) is 31.5. The molecule has 7 heteroatoms. The molecule has 0 radical (unpaired) electrons. The number of hydrogen-bond acceptors (Lipinski definition) is 6. The molecule has 0 spiro atoms. The Balaban J connectivity index is 1.23. The van der Waals surface area contributed by atoms with Crippen LogP contribution < -0.4 is 0 Å². The minimum Gasteiger partial charge on any atom is -0.373 e. The number of nitrogens with zero attached hydrogens (tertiary/aromatic N) is 4. The molecule has 0 aliphatic carbocycles. The Labute approximate surface area is 147 Å². The number of carbonyl (C=O) groups is 1. The zero-order valence-corrected chi connectivity index (χ0v) is 15.1. The van der Waals surface area contributed by atoms with Crippen molar-refractivity contribution in [1.29, 1.82) is 0 Å². The summed E-state index contributed by atoms with van der Waals surface area (Å²) >= 11 is 1.72. The van der Waals surface area contributed by atoms with Gasteiger partial charge in [-0.3, -0.25) is 9.69 Å². The number of likely N-dealkylation sites (tertiary alicyclic amines) is 1. The number of piperazine rings is 1. The number of likely N-dealkylation sites (N-methyl/N-ethyl adjacent to an activating group) is 1. The van der Waals surface area contributed by atoms with E-state index >= 15 is 0 Å². The van der Waals surface area contributed by atoms with E-state index in [0.29, 0.717) is 18.4 Å². The van der Waals surface area contributed by atoms with E-state index in [1.54, 1.807) is 11.3 Å². The molecule has 0 N–H and O–H groups in total. The Bertz CT molecular complexity index is 545. The predicted molar refractivity (Wildman–Crippen MR) is 92.9 cm³/mol. The number of fused-ring (bicyclic) bond motifs is 1. The van der Waals surface area contributed by atoms with E-state index in [1.165, 1.54) is 5.01 Å². The van der Waals surface area contributed by atoms with Gasteiger partial charge in [0.25, 0.3) is 0 Å². The molecule has 3 aliphatic heterocycles. The van der Waals surface area contributed by atoms with Crippen molar-refractivity contribution in [2.45, 2.75) is 31.6 Å². The quantitative estimate of drug-likeness (QED) is 0.807. The van der Waals surface area contributed by atoms with E-state index in [4.69, 9.17) is 4.74 Å². The van der Waals surface area contributed by atoms with Crippen LogP contribution in [-0.4, -0.2) is 84.1 Å². The van der Waals surface area contributed by atoms with Gasteiger partial charge in [0.2, 0.25) is 5.91 Å². The van der Waals surface area contributed by atoms with Crippen LogP contribution in [0.3, 0.4) is 0 Å². The second-order valence-electron chi connectivity index (χ2n) is 7.30. The van der Waals surface area contributed by atoms with Crippen molar-refractivity contribution in [3.05, 3.63) is 16.6 Å². The number of ether oxygens (including phenoxy) is 1. The fraction of sp³-hybridized carbons (Fsp3) is 0.765. The van der Waals surface area contributed by atoms with Gasteiger partial charge in [0, 0.05) is 56.8 Å². The van der Waals surface area contributed by atoms with Crippen molar-refractivity contribution < 1.29 is 9.53 Å². The lowest BCUT2D eigenvalue weighted by atomic mass is 10.0. The molecule has 6 nitrogen and oxygen atoms in total. The van der Waals surface area contributed by atoms with Gasteiger partial charge in [0.05, 0.1) is 25.2 Å². The summed E-state index contributed by atoms with van der Waals surface area (Å²) in [6, 6.07) is 0. The smallest absolute Gasteiger partial charge is 0.225 e. The van der Waals surface area contributed by atoms with E-state index in [2.05, 4.69) is 21.8 Å². The fourth-order valence-corrected chi connectivity index (χ4v) is 4.77. The number of thiazole rings is 1. The minimum absolute atomic E-state index is 0.120. The molecule has 1 aromatic rings. The third-order valence-corrected chi connectivity index (χ3v) is 6.25. The molecule has 24 heavy (non-hydrogen) atoms. The van der Waals surface area contributed by atoms with Crippen molar-refractivity contribution in [3.8, 4) is 0 Å². The Morgan fingerprint density at radius 1 is 1.33 bits per heavy atom. The maximum atomic E-state index is 12.5. The van der Waals surface area contributed by atoms with Crippen LogP contribution in [0.25, 0.3) is 0 Å². The van der Waals surface area contributed by atoms with Crippen molar-refractivity contribution in [2.75, 3.05) is 46.3 Å². The molecule has 0 aromatic carbocycles. The Morgan fingerprint density at radius 2 is 2.17 bits per heavy atom. The number of aromatic nitrogens is 1. The third-order valence-electron chi connectivity index (χ3n) is 5.49. The van der Waals surface area contributed by atoms with Crippen molar-refractivity contribution in [1.82, 2.24) is 19.7 Å². The molecule has 3 atom stereocenters. The summed E-state index contributed by atoms with van der Waals surface area (Å²) in [6.45, 7) is 6.65. The van der Waals surface area contributed by atoms with Crippen molar-refractivity contribution >= 4 is 17.2 Å². The van der Waals surface area contributed by atoms with Crippen molar-refractivity contribution in [3.63, 3.8) is 0 Å². The standard InChI is InChI=1S/C17H26N4O2S/c1-19-3-5-21(6-4-19)17(22)9-14-8-13-10-20(11-15(13)23-14)12-16-18-2-7-24-16/h2,7,13-15H,3-6,8-12H2,1H3/t13-,14+,15+/m0/s1. The zero-order chi connectivity index (χ0) is 16.5. The van der Waals surface area contributed by atoms with Crippen LogP contribution in [0.5, 0.6) is 0 Å². The summed E-state index contributed by atoms with van der Waals surface area (Å²) in [5.74, 6) is 0.850. The monoisotopic (exact) mass is 350 g/mol. The van der Waals surface area contributed by atoms with Gasteiger partial charge in [-0.1, -0.05) is 0 Å². The Kier molecular flexibility index (Phi) is 4.85. The molecule has 3 saturated heterocycles. The molecular weight excluding hydrogens is 324 g/mol. The SMILES string of the molecule is CN1CCN(C(=O)C[C@H]2C[C@H]3CN(Cc4nccs4)C[C@H]3O2)CC1. The first-order valence-corrected chi connectivity index (χ1v) is 9.78. The number of hydrogen-bond donors (Lipinski definition) is 0. The van der Waals surface area contributed by atoms with E-state index in [1.807, 2.05) is 16.5 Å². The summed E-state index contributed by atoms with van der Waals surface area (Å²) in [7, 11) is 2.11. The molecule has 0 saturated carbocycles. The maximum absolute atomic E-state index is 12.5. The van der Waals surface area contributed by atoms with Crippen LogP contribution in [0, 0.1) is 5.92 Å². The summed E-state index contributed by atoms with van der Waals surface area (Å²) in [5.41, 5.74) is 0. The van der Waals surface area contributed by atoms with Gasteiger partial charge in [-0.15, -0.1) is 11.3 Å².